The van der Waals surface area contributed by atoms with Gasteiger partial charge in [0.15, 0.2) is 0 Å². The largest absolute Gasteiger partial charge is 0.314 e. The van der Waals surface area contributed by atoms with Crippen LogP contribution < -0.4 is 5.32 Å². The summed E-state index contributed by atoms with van der Waals surface area (Å²) in [6.45, 7) is 14.9. The van der Waals surface area contributed by atoms with E-state index in [1.807, 2.05) is 0 Å². The molecule has 0 aromatic heterocycles. The van der Waals surface area contributed by atoms with Gasteiger partial charge in [-0.25, -0.2) is 0 Å². The van der Waals surface area contributed by atoms with E-state index in [0.29, 0.717) is 17.4 Å². The van der Waals surface area contributed by atoms with Crippen LogP contribution in [0.25, 0.3) is 0 Å². The van der Waals surface area contributed by atoms with Crippen molar-refractivity contribution in [3.8, 4) is 0 Å². The first kappa shape index (κ1) is 17.2. The lowest BCUT2D eigenvalue weighted by Gasteiger charge is -2.29. The molecule has 1 unspecified atom stereocenters. The summed E-state index contributed by atoms with van der Waals surface area (Å²) in [5.41, 5.74) is 3.24. The van der Waals surface area contributed by atoms with E-state index in [4.69, 9.17) is 0 Å². The van der Waals surface area contributed by atoms with Crippen LogP contribution >= 0.6 is 0 Å². The van der Waals surface area contributed by atoms with E-state index in [2.05, 4.69) is 71.1 Å². The van der Waals surface area contributed by atoms with Gasteiger partial charge in [0.25, 0.3) is 0 Å². The second-order valence-corrected chi connectivity index (χ2v) is 7.30. The molecule has 1 aromatic carbocycles. The predicted molar refractivity (Wildman–Crippen MR) is 90.4 cm³/mol. The van der Waals surface area contributed by atoms with Crippen LogP contribution in [0.5, 0.6) is 0 Å². The van der Waals surface area contributed by atoms with Gasteiger partial charge in [0.1, 0.15) is 0 Å². The summed E-state index contributed by atoms with van der Waals surface area (Å²) in [5.74, 6) is 0.621. The molecule has 0 radical (unpaired) electrons. The maximum absolute atomic E-state index is 3.60. The van der Waals surface area contributed by atoms with Crippen LogP contribution in [0.3, 0.4) is 0 Å². The second kappa shape index (κ2) is 7.83. The Labute approximate surface area is 126 Å². The van der Waals surface area contributed by atoms with Crippen molar-refractivity contribution in [1.82, 2.24) is 5.32 Å². The standard InChI is InChI=1S/C19H33N/c1-7-12-20-16(4)13-19(5,6)14-17-8-10-18(11-9-17)15(2)3/h8-11,15-16,20H,7,12-14H2,1-6H3. The number of nitrogens with one attached hydrogen (secondary N) is 1. The molecule has 0 fully saturated rings. The first-order chi connectivity index (χ1) is 9.34. The second-order valence-electron chi connectivity index (χ2n) is 7.30. The summed E-state index contributed by atoms with van der Waals surface area (Å²) < 4.78 is 0. The van der Waals surface area contributed by atoms with Gasteiger partial charge >= 0.3 is 0 Å². The van der Waals surface area contributed by atoms with E-state index in [1.54, 1.807) is 0 Å². The molecule has 0 aliphatic carbocycles. The van der Waals surface area contributed by atoms with Crippen molar-refractivity contribution in [1.29, 1.82) is 0 Å². The summed E-state index contributed by atoms with van der Waals surface area (Å²) in [7, 11) is 0. The Morgan fingerprint density at radius 3 is 2.15 bits per heavy atom. The van der Waals surface area contributed by atoms with Gasteiger partial charge < -0.3 is 5.32 Å². The smallest absolute Gasteiger partial charge is 0.00439 e. The minimum absolute atomic E-state index is 0.347. The third-order valence-corrected chi connectivity index (χ3v) is 3.93. The Hall–Kier alpha value is -0.820. The molecule has 20 heavy (non-hydrogen) atoms. The molecule has 0 heterocycles. The van der Waals surface area contributed by atoms with E-state index >= 15 is 0 Å². The van der Waals surface area contributed by atoms with Crippen molar-refractivity contribution >= 4 is 0 Å². The molecule has 0 bridgehead atoms. The minimum Gasteiger partial charge on any atom is -0.314 e. The molecule has 1 heteroatoms. The van der Waals surface area contributed by atoms with Gasteiger partial charge in [-0.1, -0.05) is 58.9 Å². The van der Waals surface area contributed by atoms with Crippen molar-refractivity contribution in [3.63, 3.8) is 0 Å². The van der Waals surface area contributed by atoms with Crippen molar-refractivity contribution in [2.24, 2.45) is 5.41 Å². The van der Waals surface area contributed by atoms with Crippen LogP contribution in [-0.2, 0) is 6.42 Å². The third kappa shape index (κ3) is 6.09. The first-order valence-corrected chi connectivity index (χ1v) is 8.16. The highest BCUT2D eigenvalue weighted by Crippen LogP contribution is 2.28. The lowest BCUT2D eigenvalue weighted by molar-refractivity contribution is 0.287. The normalized spacial score (nSPS) is 13.8. The van der Waals surface area contributed by atoms with Gasteiger partial charge in [-0.2, -0.15) is 0 Å². The fourth-order valence-corrected chi connectivity index (χ4v) is 2.94. The van der Waals surface area contributed by atoms with Crippen molar-refractivity contribution in [2.75, 3.05) is 6.54 Å². The van der Waals surface area contributed by atoms with Gasteiger partial charge in [0.2, 0.25) is 0 Å². The fraction of sp³-hybridized carbons (Fsp3) is 0.684. The zero-order chi connectivity index (χ0) is 15.2. The zero-order valence-corrected chi connectivity index (χ0v) is 14.3. The third-order valence-electron chi connectivity index (χ3n) is 3.93. The number of rotatable bonds is 8. The fourth-order valence-electron chi connectivity index (χ4n) is 2.94. The monoisotopic (exact) mass is 275 g/mol. The highest BCUT2D eigenvalue weighted by atomic mass is 14.9. The summed E-state index contributed by atoms with van der Waals surface area (Å²) >= 11 is 0. The molecular weight excluding hydrogens is 242 g/mol. The molecule has 114 valence electrons. The Kier molecular flexibility index (Phi) is 6.75. The number of hydrogen-bond acceptors (Lipinski definition) is 1. The van der Waals surface area contributed by atoms with Crippen LogP contribution in [0, 0.1) is 5.41 Å². The summed E-state index contributed by atoms with van der Waals surface area (Å²) in [4.78, 5) is 0. The van der Waals surface area contributed by atoms with E-state index in [-0.39, 0.29) is 0 Å². The molecule has 0 aliphatic rings. The van der Waals surface area contributed by atoms with E-state index in [9.17, 15) is 0 Å². The lowest BCUT2D eigenvalue weighted by atomic mass is 9.80. The average Bonchev–Trinajstić information content (AvgIpc) is 2.35. The van der Waals surface area contributed by atoms with Gasteiger partial charge in [0.05, 0.1) is 0 Å². The molecule has 0 saturated heterocycles. The van der Waals surface area contributed by atoms with Crippen LogP contribution in [-0.4, -0.2) is 12.6 Å². The van der Waals surface area contributed by atoms with Gasteiger partial charge in [-0.3, -0.25) is 0 Å². The molecule has 1 rings (SSSR count). The average molecular weight is 275 g/mol. The Balaban J connectivity index is 2.56. The maximum atomic E-state index is 3.60. The molecule has 1 N–H and O–H groups in total. The number of hydrogen-bond donors (Lipinski definition) is 1. The topological polar surface area (TPSA) is 12.0 Å². The summed E-state index contributed by atoms with van der Waals surface area (Å²) in [6, 6.07) is 9.78. The van der Waals surface area contributed by atoms with Gasteiger partial charge in [0, 0.05) is 6.04 Å². The van der Waals surface area contributed by atoms with E-state index < -0.39 is 0 Å². The predicted octanol–water partition coefficient (Wildman–Crippen LogP) is 5.16. The Bertz CT molecular complexity index is 375. The van der Waals surface area contributed by atoms with Gasteiger partial charge in [-0.15, -0.1) is 0 Å². The molecule has 0 amide bonds. The van der Waals surface area contributed by atoms with Crippen molar-refractivity contribution < 1.29 is 0 Å². The van der Waals surface area contributed by atoms with Crippen LogP contribution in [0.2, 0.25) is 0 Å². The zero-order valence-electron chi connectivity index (χ0n) is 14.3. The molecule has 0 spiro atoms. The maximum Gasteiger partial charge on any atom is 0.00439 e. The molecule has 0 saturated carbocycles. The van der Waals surface area contributed by atoms with E-state index in [0.717, 1.165) is 13.0 Å². The SMILES string of the molecule is CCCNC(C)CC(C)(C)Cc1ccc(C(C)C)cc1. The van der Waals surface area contributed by atoms with Crippen molar-refractivity contribution in [2.45, 2.75) is 72.8 Å². The van der Waals surface area contributed by atoms with Crippen LogP contribution in [0.4, 0.5) is 0 Å². The quantitative estimate of drug-likeness (QED) is 0.691. The molecule has 1 atom stereocenters. The van der Waals surface area contributed by atoms with Crippen molar-refractivity contribution in [3.05, 3.63) is 35.4 Å². The molecule has 1 aromatic rings. The lowest BCUT2D eigenvalue weighted by Crippen LogP contribution is -2.32. The summed E-state index contributed by atoms with van der Waals surface area (Å²) in [5, 5.41) is 3.60. The summed E-state index contributed by atoms with van der Waals surface area (Å²) in [6.07, 6.45) is 3.59. The Morgan fingerprint density at radius 2 is 1.65 bits per heavy atom. The molecular formula is C19H33N. The highest BCUT2D eigenvalue weighted by molar-refractivity contribution is 5.25. The highest BCUT2D eigenvalue weighted by Gasteiger charge is 2.21. The first-order valence-electron chi connectivity index (χ1n) is 8.16. The molecule has 1 nitrogen and oxygen atoms in total. The van der Waals surface area contributed by atoms with Crippen LogP contribution in [0.15, 0.2) is 24.3 Å². The minimum atomic E-state index is 0.347. The van der Waals surface area contributed by atoms with Crippen LogP contribution in [0.1, 0.15) is 71.4 Å². The molecule has 0 aliphatic heterocycles. The number of benzene rings is 1. The Morgan fingerprint density at radius 1 is 1.05 bits per heavy atom. The van der Waals surface area contributed by atoms with Gasteiger partial charge in [-0.05, 0) is 55.2 Å². The van der Waals surface area contributed by atoms with E-state index in [1.165, 1.54) is 24.0 Å².